The Morgan fingerprint density at radius 2 is 1.94 bits per heavy atom. The van der Waals surface area contributed by atoms with Gasteiger partial charge >= 0.3 is 0 Å². The maximum absolute atomic E-state index is 3.55. The van der Waals surface area contributed by atoms with Crippen LogP contribution in [0, 0.1) is 17.8 Å². The lowest BCUT2D eigenvalue weighted by molar-refractivity contribution is 0.217. The highest BCUT2D eigenvalue weighted by Crippen LogP contribution is 2.26. The predicted octanol–water partition coefficient (Wildman–Crippen LogP) is 3.13. The van der Waals surface area contributed by atoms with Crippen LogP contribution in [0.3, 0.4) is 0 Å². The van der Waals surface area contributed by atoms with Crippen molar-refractivity contribution < 1.29 is 0 Å². The summed E-state index contributed by atoms with van der Waals surface area (Å²) in [4.78, 5) is 2.59. The number of hydrogen-bond acceptors (Lipinski definition) is 2. The largest absolute Gasteiger partial charge is 0.316 e. The van der Waals surface area contributed by atoms with E-state index >= 15 is 0 Å². The standard InChI is InChI=1S/C16H32N2/c1-14(16-8-5-10-17-12-16)9-11-18(2)13-15-6-3-4-7-15/h14-17H,3-13H2,1-2H3. The molecule has 2 aliphatic rings. The van der Waals surface area contributed by atoms with Crippen LogP contribution in [0.15, 0.2) is 0 Å². The van der Waals surface area contributed by atoms with E-state index in [4.69, 9.17) is 0 Å². The molecule has 2 nitrogen and oxygen atoms in total. The summed E-state index contributed by atoms with van der Waals surface area (Å²) in [5, 5.41) is 3.55. The molecule has 0 aromatic carbocycles. The Hall–Kier alpha value is -0.0800. The van der Waals surface area contributed by atoms with Gasteiger partial charge in [0.15, 0.2) is 0 Å². The third-order valence-corrected chi connectivity index (χ3v) is 5.15. The zero-order valence-corrected chi connectivity index (χ0v) is 12.5. The smallest absolute Gasteiger partial charge is 0.000661 e. The summed E-state index contributed by atoms with van der Waals surface area (Å²) >= 11 is 0. The minimum atomic E-state index is 0.892. The monoisotopic (exact) mass is 252 g/mol. The highest BCUT2D eigenvalue weighted by Gasteiger charge is 2.21. The van der Waals surface area contributed by atoms with Gasteiger partial charge in [-0.1, -0.05) is 19.8 Å². The first-order valence-corrected chi connectivity index (χ1v) is 8.15. The molecular weight excluding hydrogens is 220 g/mol. The van der Waals surface area contributed by atoms with Crippen LogP contribution >= 0.6 is 0 Å². The molecule has 106 valence electrons. The van der Waals surface area contributed by atoms with Gasteiger partial charge < -0.3 is 10.2 Å². The van der Waals surface area contributed by atoms with Gasteiger partial charge in [-0.2, -0.15) is 0 Å². The van der Waals surface area contributed by atoms with Crippen LogP contribution in [0.2, 0.25) is 0 Å². The molecule has 0 aromatic heterocycles. The normalized spacial score (nSPS) is 27.8. The van der Waals surface area contributed by atoms with Crippen LogP contribution in [-0.2, 0) is 0 Å². The zero-order chi connectivity index (χ0) is 12.8. The Morgan fingerprint density at radius 3 is 2.61 bits per heavy atom. The highest BCUT2D eigenvalue weighted by atomic mass is 15.1. The summed E-state index contributed by atoms with van der Waals surface area (Å²) in [7, 11) is 2.32. The minimum Gasteiger partial charge on any atom is -0.316 e. The van der Waals surface area contributed by atoms with Crippen molar-refractivity contribution in [3.63, 3.8) is 0 Å². The van der Waals surface area contributed by atoms with Crippen molar-refractivity contribution in [1.82, 2.24) is 10.2 Å². The Kier molecular flexibility index (Phi) is 5.97. The minimum absolute atomic E-state index is 0.892. The van der Waals surface area contributed by atoms with E-state index in [0.717, 1.165) is 17.8 Å². The molecule has 2 fully saturated rings. The Bertz CT molecular complexity index is 217. The number of nitrogens with zero attached hydrogens (tertiary/aromatic N) is 1. The first-order valence-electron chi connectivity index (χ1n) is 8.15. The van der Waals surface area contributed by atoms with Gasteiger partial charge in [-0.15, -0.1) is 0 Å². The van der Waals surface area contributed by atoms with E-state index in [-0.39, 0.29) is 0 Å². The van der Waals surface area contributed by atoms with Crippen LogP contribution in [-0.4, -0.2) is 38.1 Å². The van der Waals surface area contributed by atoms with Gasteiger partial charge in [-0.3, -0.25) is 0 Å². The van der Waals surface area contributed by atoms with E-state index in [9.17, 15) is 0 Å². The van der Waals surface area contributed by atoms with E-state index < -0.39 is 0 Å². The summed E-state index contributed by atoms with van der Waals surface area (Å²) in [5.74, 6) is 2.82. The summed E-state index contributed by atoms with van der Waals surface area (Å²) < 4.78 is 0. The number of nitrogens with one attached hydrogen (secondary N) is 1. The van der Waals surface area contributed by atoms with Crippen LogP contribution in [0.4, 0.5) is 0 Å². The average Bonchev–Trinajstić information content (AvgIpc) is 2.90. The van der Waals surface area contributed by atoms with E-state index in [1.807, 2.05) is 0 Å². The van der Waals surface area contributed by atoms with Gasteiger partial charge in [0.2, 0.25) is 0 Å². The van der Waals surface area contributed by atoms with E-state index in [1.165, 1.54) is 71.1 Å². The Labute approximate surface area is 114 Å². The molecule has 1 saturated carbocycles. The van der Waals surface area contributed by atoms with Crippen molar-refractivity contribution in [1.29, 1.82) is 0 Å². The maximum Gasteiger partial charge on any atom is 0.000661 e. The number of rotatable bonds is 6. The third kappa shape index (κ3) is 4.55. The maximum atomic E-state index is 3.55. The summed E-state index contributed by atoms with van der Waals surface area (Å²) in [6, 6.07) is 0. The van der Waals surface area contributed by atoms with Crippen molar-refractivity contribution in [2.75, 3.05) is 33.2 Å². The molecular formula is C16H32N2. The van der Waals surface area contributed by atoms with Gasteiger partial charge in [0.1, 0.15) is 0 Å². The molecule has 2 heteroatoms. The molecule has 0 aromatic rings. The third-order valence-electron chi connectivity index (χ3n) is 5.15. The van der Waals surface area contributed by atoms with Gasteiger partial charge in [-0.05, 0) is 76.5 Å². The second-order valence-electron chi connectivity index (χ2n) is 6.79. The van der Waals surface area contributed by atoms with Gasteiger partial charge in [0.25, 0.3) is 0 Å². The first kappa shape index (κ1) is 14.3. The molecule has 0 spiro atoms. The molecule has 2 unspecified atom stereocenters. The molecule has 1 N–H and O–H groups in total. The molecule has 1 aliphatic carbocycles. The summed E-state index contributed by atoms with van der Waals surface area (Å²) in [6.45, 7) is 7.60. The summed E-state index contributed by atoms with van der Waals surface area (Å²) in [5.41, 5.74) is 0. The highest BCUT2D eigenvalue weighted by molar-refractivity contribution is 4.75. The topological polar surface area (TPSA) is 15.3 Å². The zero-order valence-electron chi connectivity index (χ0n) is 12.5. The molecule has 1 saturated heterocycles. The van der Waals surface area contributed by atoms with Crippen molar-refractivity contribution in [2.24, 2.45) is 17.8 Å². The van der Waals surface area contributed by atoms with Crippen LogP contribution < -0.4 is 5.32 Å². The van der Waals surface area contributed by atoms with E-state index in [0.29, 0.717) is 0 Å². The van der Waals surface area contributed by atoms with Crippen molar-refractivity contribution >= 4 is 0 Å². The number of piperidine rings is 1. The Morgan fingerprint density at radius 1 is 1.17 bits per heavy atom. The number of hydrogen-bond donors (Lipinski definition) is 1. The van der Waals surface area contributed by atoms with E-state index in [1.54, 1.807) is 0 Å². The Balaban J connectivity index is 1.60. The van der Waals surface area contributed by atoms with E-state index in [2.05, 4.69) is 24.2 Å². The fourth-order valence-corrected chi connectivity index (χ4v) is 3.75. The summed E-state index contributed by atoms with van der Waals surface area (Å²) in [6.07, 6.45) is 10.1. The molecule has 0 radical (unpaired) electrons. The quantitative estimate of drug-likeness (QED) is 0.781. The van der Waals surface area contributed by atoms with Gasteiger partial charge in [0, 0.05) is 6.54 Å². The van der Waals surface area contributed by atoms with Crippen LogP contribution in [0.1, 0.15) is 51.9 Å². The average molecular weight is 252 g/mol. The lowest BCUT2D eigenvalue weighted by atomic mass is 9.85. The lowest BCUT2D eigenvalue weighted by Gasteiger charge is -2.30. The van der Waals surface area contributed by atoms with Gasteiger partial charge in [-0.25, -0.2) is 0 Å². The van der Waals surface area contributed by atoms with Crippen molar-refractivity contribution in [3.05, 3.63) is 0 Å². The predicted molar refractivity (Wildman–Crippen MR) is 78.8 cm³/mol. The van der Waals surface area contributed by atoms with Gasteiger partial charge in [0.05, 0.1) is 0 Å². The van der Waals surface area contributed by atoms with Crippen LogP contribution in [0.25, 0.3) is 0 Å². The molecule has 2 rings (SSSR count). The second kappa shape index (κ2) is 7.49. The van der Waals surface area contributed by atoms with Crippen molar-refractivity contribution in [3.8, 4) is 0 Å². The SMILES string of the molecule is CC(CCN(C)CC1CCCC1)C1CCCNC1. The molecule has 1 heterocycles. The fourth-order valence-electron chi connectivity index (χ4n) is 3.75. The lowest BCUT2D eigenvalue weighted by Crippen LogP contribution is -2.35. The molecule has 18 heavy (non-hydrogen) atoms. The molecule has 0 amide bonds. The fraction of sp³-hybridized carbons (Fsp3) is 1.00. The molecule has 2 atom stereocenters. The first-order chi connectivity index (χ1) is 8.75. The van der Waals surface area contributed by atoms with Crippen LogP contribution in [0.5, 0.6) is 0 Å². The second-order valence-corrected chi connectivity index (χ2v) is 6.79. The molecule has 1 aliphatic heterocycles. The molecule has 0 bridgehead atoms. The van der Waals surface area contributed by atoms with Crippen molar-refractivity contribution in [2.45, 2.75) is 51.9 Å².